The molecule has 0 aliphatic heterocycles. The largest absolute Gasteiger partial charge is 0.480 e. The zero-order valence-corrected chi connectivity index (χ0v) is 21.1. The number of nitrogens with two attached hydrogens (primary N) is 1. The molecule has 6 rings (SSSR count). The minimum absolute atomic E-state index is 0.0313. The van der Waals surface area contributed by atoms with E-state index in [1.165, 1.54) is 6.33 Å². The number of aromatic nitrogens is 8. The molecule has 0 amide bonds. The minimum atomic E-state index is -4.43. The van der Waals surface area contributed by atoms with Gasteiger partial charge in [-0.05, 0) is 63.9 Å². The average molecular weight is 528 g/mol. The maximum absolute atomic E-state index is 13.1. The van der Waals surface area contributed by atoms with Gasteiger partial charge in [0.15, 0.2) is 23.0 Å². The molecule has 38 heavy (non-hydrogen) atoms. The van der Waals surface area contributed by atoms with E-state index in [4.69, 9.17) is 10.5 Å². The second kappa shape index (κ2) is 9.21. The van der Waals surface area contributed by atoms with Crippen molar-refractivity contribution in [3.8, 4) is 17.3 Å². The van der Waals surface area contributed by atoms with E-state index in [0.717, 1.165) is 62.4 Å². The van der Waals surface area contributed by atoms with Gasteiger partial charge in [-0.3, -0.25) is 4.68 Å². The van der Waals surface area contributed by atoms with E-state index in [1.54, 1.807) is 23.2 Å². The molecule has 4 aromatic rings. The van der Waals surface area contributed by atoms with Crippen molar-refractivity contribution in [2.45, 2.75) is 70.0 Å². The fourth-order valence-corrected chi connectivity index (χ4v) is 5.46. The third kappa shape index (κ3) is 4.54. The zero-order valence-electron chi connectivity index (χ0n) is 21.1. The lowest BCUT2D eigenvalue weighted by molar-refractivity contribution is -0.141. The van der Waals surface area contributed by atoms with Gasteiger partial charge in [-0.15, -0.1) is 5.10 Å². The second-order valence-electron chi connectivity index (χ2n) is 10.2. The summed E-state index contributed by atoms with van der Waals surface area (Å²) < 4.78 is 47.9. The third-order valence-corrected chi connectivity index (χ3v) is 7.49. The van der Waals surface area contributed by atoms with E-state index in [9.17, 15) is 13.2 Å². The molecule has 2 saturated carbocycles. The molecule has 0 atom stereocenters. The van der Waals surface area contributed by atoms with Crippen molar-refractivity contribution in [3.63, 3.8) is 0 Å². The van der Waals surface area contributed by atoms with Crippen molar-refractivity contribution in [2.75, 3.05) is 12.8 Å². The summed E-state index contributed by atoms with van der Waals surface area (Å²) >= 11 is 0. The molecular weight excluding hydrogens is 499 g/mol. The Hall–Kier alpha value is -3.77. The van der Waals surface area contributed by atoms with Gasteiger partial charge in [0.25, 0.3) is 0 Å². The fourth-order valence-electron chi connectivity index (χ4n) is 5.46. The SMILES string of the molecule is COc1ncnc(C2CC2)c1-c1nc(N)c2nc(CC3CCC(n4nc(C(F)(F)F)cc4C)CC3)cn2n1. The van der Waals surface area contributed by atoms with Crippen LogP contribution in [0.5, 0.6) is 5.88 Å². The lowest BCUT2D eigenvalue weighted by Crippen LogP contribution is -2.21. The monoisotopic (exact) mass is 527 g/mol. The molecule has 0 saturated heterocycles. The summed E-state index contributed by atoms with van der Waals surface area (Å²) in [6.07, 6.45) is 5.01. The summed E-state index contributed by atoms with van der Waals surface area (Å²) in [7, 11) is 1.55. The zero-order chi connectivity index (χ0) is 26.6. The summed E-state index contributed by atoms with van der Waals surface area (Å²) in [5, 5.41) is 8.53. The molecule has 2 aliphatic carbocycles. The lowest BCUT2D eigenvalue weighted by atomic mass is 9.83. The first kappa shape index (κ1) is 24.6. The third-order valence-electron chi connectivity index (χ3n) is 7.49. The van der Waals surface area contributed by atoms with E-state index in [2.05, 4.69) is 30.1 Å². The Balaban J connectivity index is 1.19. The number of fused-ring (bicyclic) bond motifs is 1. The number of aryl methyl sites for hydroxylation is 1. The van der Waals surface area contributed by atoms with Gasteiger partial charge in [0.1, 0.15) is 11.9 Å². The van der Waals surface area contributed by atoms with E-state index in [0.29, 0.717) is 40.4 Å². The number of hydrogen-bond donors (Lipinski definition) is 1. The molecule has 0 spiro atoms. The number of alkyl halides is 3. The van der Waals surface area contributed by atoms with Gasteiger partial charge in [-0.25, -0.2) is 24.5 Å². The predicted octanol–water partition coefficient (Wildman–Crippen LogP) is 4.55. The van der Waals surface area contributed by atoms with Gasteiger partial charge < -0.3 is 10.5 Å². The second-order valence-corrected chi connectivity index (χ2v) is 10.2. The molecule has 4 aromatic heterocycles. The Morgan fingerprint density at radius 1 is 1.05 bits per heavy atom. The predicted molar refractivity (Wildman–Crippen MR) is 131 cm³/mol. The number of ether oxygens (including phenoxy) is 1. The Morgan fingerprint density at radius 2 is 1.82 bits per heavy atom. The molecule has 10 nitrogen and oxygen atoms in total. The Kier molecular flexibility index (Phi) is 5.95. The Bertz CT molecular complexity index is 1480. The van der Waals surface area contributed by atoms with Crippen molar-refractivity contribution in [1.29, 1.82) is 0 Å². The summed E-state index contributed by atoms with van der Waals surface area (Å²) in [5.74, 6) is 1.75. The van der Waals surface area contributed by atoms with Crippen LogP contribution in [0.25, 0.3) is 17.0 Å². The van der Waals surface area contributed by atoms with Crippen LogP contribution in [0, 0.1) is 12.8 Å². The van der Waals surface area contributed by atoms with Gasteiger partial charge in [-0.2, -0.15) is 18.3 Å². The number of rotatable bonds is 6. The van der Waals surface area contributed by atoms with Crippen molar-refractivity contribution < 1.29 is 17.9 Å². The number of anilines is 1. The summed E-state index contributed by atoms with van der Waals surface area (Å²) in [6.45, 7) is 1.68. The highest BCUT2D eigenvalue weighted by atomic mass is 19.4. The van der Waals surface area contributed by atoms with E-state index in [-0.39, 0.29) is 11.9 Å². The quantitative estimate of drug-likeness (QED) is 0.388. The van der Waals surface area contributed by atoms with Crippen LogP contribution in [0.15, 0.2) is 18.6 Å². The number of imidazole rings is 1. The lowest BCUT2D eigenvalue weighted by Gasteiger charge is -2.29. The van der Waals surface area contributed by atoms with Gasteiger partial charge in [0, 0.05) is 11.6 Å². The Labute approximate surface area is 216 Å². The number of methoxy groups -OCH3 is 1. The normalized spacial score (nSPS) is 20.2. The summed E-state index contributed by atoms with van der Waals surface area (Å²) in [5.41, 5.74) is 8.85. The number of nitrogens with zero attached hydrogens (tertiary/aromatic N) is 8. The first-order valence-corrected chi connectivity index (χ1v) is 12.8. The first-order valence-electron chi connectivity index (χ1n) is 12.8. The van der Waals surface area contributed by atoms with Gasteiger partial charge in [-0.1, -0.05) is 0 Å². The first-order chi connectivity index (χ1) is 18.2. The van der Waals surface area contributed by atoms with Crippen LogP contribution in [-0.2, 0) is 12.6 Å². The molecular formula is C25H28F3N9O. The van der Waals surface area contributed by atoms with Crippen LogP contribution in [0.1, 0.15) is 73.3 Å². The van der Waals surface area contributed by atoms with Crippen LogP contribution in [0.2, 0.25) is 0 Å². The van der Waals surface area contributed by atoms with Gasteiger partial charge in [0.05, 0.1) is 30.7 Å². The maximum Gasteiger partial charge on any atom is 0.435 e. The molecule has 2 aliphatic rings. The smallest absolute Gasteiger partial charge is 0.435 e. The summed E-state index contributed by atoms with van der Waals surface area (Å²) in [6, 6.07) is 1.09. The molecule has 0 aromatic carbocycles. The number of nitrogen functional groups attached to an aromatic ring is 1. The van der Waals surface area contributed by atoms with Crippen molar-refractivity contribution in [2.24, 2.45) is 5.92 Å². The molecule has 4 heterocycles. The van der Waals surface area contributed by atoms with E-state index >= 15 is 0 Å². The topological polar surface area (TPSA) is 122 Å². The standard InChI is InChI=1S/C25H28F3N9O/c1-13-9-18(25(26,27)28)34-37(13)17-7-3-14(4-8-17)10-16-11-36-23(32-16)21(29)33-22(35-36)19-20(15-5-6-15)30-12-31-24(19)38-2/h9,11-12,14-15,17H,3-8,10H2,1-2H3,(H2,29,33,35). The van der Waals surface area contributed by atoms with E-state index in [1.807, 2.05) is 6.20 Å². The fraction of sp³-hybridized carbons (Fsp3) is 0.520. The van der Waals surface area contributed by atoms with Gasteiger partial charge >= 0.3 is 6.18 Å². The van der Waals surface area contributed by atoms with E-state index < -0.39 is 11.9 Å². The number of halogens is 3. The van der Waals surface area contributed by atoms with Gasteiger partial charge in [0.2, 0.25) is 5.88 Å². The molecule has 0 unspecified atom stereocenters. The van der Waals surface area contributed by atoms with Crippen LogP contribution in [-0.4, -0.2) is 46.4 Å². The minimum Gasteiger partial charge on any atom is -0.480 e. The molecule has 13 heteroatoms. The van der Waals surface area contributed by atoms with Crippen molar-refractivity contribution in [1.82, 2.24) is 39.3 Å². The molecule has 2 N–H and O–H groups in total. The highest BCUT2D eigenvalue weighted by Gasteiger charge is 2.36. The Morgan fingerprint density at radius 3 is 2.47 bits per heavy atom. The molecule has 0 bridgehead atoms. The van der Waals surface area contributed by atoms with Crippen molar-refractivity contribution in [3.05, 3.63) is 41.4 Å². The van der Waals surface area contributed by atoms with Crippen LogP contribution in [0.4, 0.5) is 19.0 Å². The highest BCUT2D eigenvalue weighted by Crippen LogP contribution is 2.45. The van der Waals surface area contributed by atoms with Crippen LogP contribution >= 0.6 is 0 Å². The molecule has 200 valence electrons. The molecule has 0 radical (unpaired) electrons. The van der Waals surface area contributed by atoms with Crippen LogP contribution in [0.3, 0.4) is 0 Å². The summed E-state index contributed by atoms with van der Waals surface area (Å²) in [4.78, 5) is 17.9. The molecule has 2 fully saturated rings. The highest BCUT2D eigenvalue weighted by molar-refractivity contribution is 5.69. The van der Waals surface area contributed by atoms with Crippen molar-refractivity contribution >= 4 is 11.5 Å². The van der Waals surface area contributed by atoms with Crippen LogP contribution < -0.4 is 10.5 Å². The number of hydrogen-bond acceptors (Lipinski definition) is 8. The maximum atomic E-state index is 13.1. The average Bonchev–Trinajstić information content (AvgIpc) is 3.53.